The Morgan fingerprint density at radius 2 is 1.12 bits per heavy atom. The van der Waals surface area contributed by atoms with Crippen molar-refractivity contribution in [3.05, 3.63) is 118 Å². The molecule has 0 bridgehead atoms. The van der Waals surface area contributed by atoms with Crippen LogP contribution < -0.4 is 0 Å². The number of benzene rings is 3. The second-order valence-corrected chi connectivity index (χ2v) is 16.4. The highest BCUT2D eigenvalue weighted by atomic mass is 16.8. The highest BCUT2D eigenvalue weighted by Gasteiger charge is 2.70. The van der Waals surface area contributed by atoms with Crippen LogP contribution in [0.15, 0.2) is 96.1 Å². The minimum atomic E-state index is -1.27. The molecule has 0 amide bonds. The maximum absolute atomic E-state index is 10.2. The summed E-state index contributed by atoms with van der Waals surface area (Å²) in [5, 5.41) is 4.33. The van der Waals surface area contributed by atoms with Crippen LogP contribution in [0.4, 0.5) is 0 Å². The first kappa shape index (κ1) is 43.2. The van der Waals surface area contributed by atoms with Gasteiger partial charge in [0, 0.05) is 39.1 Å². The van der Waals surface area contributed by atoms with Crippen molar-refractivity contribution in [1.82, 2.24) is 0 Å². The SMILES string of the molecule is CO[C@@H]1[C@H]2OC(C)(C)O[C@H]2[C@H](O[C@H]2O[C@H](COCc3ccccc3)[C@@H](OCc3ccccc3)[C@H](OCc3ccccc3)[C@H]2N=[N+]=[N-])[C@@H]2O[C@@]3(OC)CCCC[C@]3(OC)O[C@@H]12. The van der Waals surface area contributed by atoms with Crippen molar-refractivity contribution in [1.29, 1.82) is 0 Å². The first-order valence-electron chi connectivity index (χ1n) is 20.8. The first-order chi connectivity index (χ1) is 29.2. The minimum absolute atomic E-state index is 0.103. The molecule has 0 spiro atoms. The molecule has 0 radical (unpaired) electrons. The lowest BCUT2D eigenvalue weighted by molar-refractivity contribution is -0.491. The molecule has 324 valence electrons. The molecule has 5 fully saturated rings. The van der Waals surface area contributed by atoms with Gasteiger partial charge in [0.05, 0.1) is 26.4 Å². The molecular formula is C45H57N3O12. The second-order valence-electron chi connectivity index (χ2n) is 16.4. The molecule has 13 atom stereocenters. The Kier molecular flexibility index (Phi) is 13.6. The van der Waals surface area contributed by atoms with Crippen LogP contribution in [0.1, 0.15) is 56.2 Å². The molecule has 0 unspecified atom stereocenters. The van der Waals surface area contributed by atoms with Gasteiger partial charge in [-0.2, -0.15) is 0 Å². The van der Waals surface area contributed by atoms with Crippen LogP contribution in [-0.2, 0) is 76.7 Å². The fraction of sp³-hybridized carbons (Fsp3) is 0.600. The molecule has 15 heteroatoms. The smallest absolute Gasteiger partial charge is 0.223 e. The van der Waals surface area contributed by atoms with E-state index in [0.717, 1.165) is 29.5 Å². The third kappa shape index (κ3) is 8.75. The van der Waals surface area contributed by atoms with E-state index in [1.807, 2.05) is 105 Å². The summed E-state index contributed by atoms with van der Waals surface area (Å²) in [7, 11) is 4.82. The zero-order valence-electron chi connectivity index (χ0n) is 34.9. The summed E-state index contributed by atoms with van der Waals surface area (Å²) in [4.78, 5) is 3.31. The Balaban J connectivity index is 1.17. The number of fused-ring (bicyclic) bond motifs is 3. The molecule has 5 aliphatic rings. The maximum atomic E-state index is 10.2. The van der Waals surface area contributed by atoms with Crippen molar-refractivity contribution in [2.45, 2.75) is 144 Å². The Morgan fingerprint density at radius 1 is 0.633 bits per heavy atom. The van der Waals surface area contributed by atoms with Crippen LogP contribution in [0.5, 0.6) is 0 Å². The largest absolute Gasteiger partial charge is 0.376 e. The summed E-state index contributed by atoms with van der Waals surface area (Å²) in [6.45, 7) is 4.55. The molecule has 2 saturated carbocycles. The quantitative estimate of drug-likeness (QED) is 0.0850. The molecule has 2 aliphatic carbocycles. The number of hydrogen-bond acceptors (Lipinski definition) is 13. The molecule has 8 rings (SSSR count). The first-order valence-corrected chi connectivity index (χ1v) is 20.8. The highest BCUT2D eigenvalue weighted by Crippen LogP contribution is 2.54. The molecule has 3 saturated heterocycles. The van der Waals surface area contributed by atoms with Gasteiger partial charge in [-0.3, -0.25) is 0 Å². The third-order valence-corrected chi connectivity index (χ3v) is 12.3. The summed E-state index contributed by atoms with van der Waals surface area (Å²) in [5.41, 5.74) is 13.1. The molecule has 15 nitrogen and oxygen atoms in total. The van der Waals surface area contributed by atoms with Gasteiger partial charge in [0.15, 0.2) is 12.1 Å². The van der Waals surface area contributed by atoms with E-state index in [0.29, 0.717) is 19.4 Å². The topological polar surface area (TPSA) is 160 Å². The molecule has 0 aromatic heterocycles. The maximum Gasteiger partial charge on any atom is 0.223 e. The van der Waals surface area contributed by atoms with Crippen molar-refractivity contribution in [2.75, 3.05) is 27.9 Å². The fourth-order valence-electron chi connectivity index (χ4n) is 9.48. The van der Waals surface area contributed by atoms with Crippen molar-refractivity contribution in [2.24, 2.45) is 5.11 Å². The number of ether oxygens (including phenoxy) is 12. The summed E-state index contributed by atoms with van der Waals surface area (Å²) >= 11 is 0. The average Bonchev–Trinajstić information content (AvgIpc) is 3.60. The van der Waals surface area contributed by atoms with E-state index in [-0.39, 0.29) is 19.8 Å². The summed E-state index contributed by atoms with van der Waals surface area (Å²) in [5.74, 6) is -3.51. The highest BCUT2D eigenvalue weighted by molar-refractivity contribution is 5.17. The minimum Gasteiger partial charge on any atom is -0.376 e. The molecule has 3 aliphatic heterocycles. The van der Waals surface area contributed by atoms with Crippen molar-refractivity contribution in [3.63, 3.8) is 0 Å². The number of azide groups is 1. The van der Waals surface area contributed by atoms with Gasteiger partial charge in [-0.25, -0.2) is 0 Å². The van der Waals surface area contributed by atoms with E-state index in [1.54, 1.807) is 21.3 Å². The van der Waals surface area contributed by atoms with Crippen molar-refractivity contribution < 1.29 is 56.8 Å². The second kappa shape index (κ2) is 18.9. The van der Waals surface area contributed by atoms with E-state index in [2.05, 4.69) is 10.0 Å². The Morgan fingerprint density at radius 3 is 1.63 bits per heavy atom. The molecular weight excluding hydrogens is 775 g/mol. The summed E-state index contributed by atoms with van der Waals surface area (Å²) < 4.78 is 79.8. The van der Waals surface area contributed by atoms with Crippen molar-refractivity contribution >= 4 is 0 Å². The van der Waals surface area contributed by atoms with Crippen LogP contribution in [0, 0.1) is 0 Å². The zero-order chi connectivity index (χ0) is 41.7. The lowest BCUT2D eigenvalue weighted by Gasteiger charge is -2.61. The number of nitrogens with zero attached hydrogens (tertiary/aromatic N) is 3. The van der Waals surface area contributed by atoms with Gasteiger partial charge in [-0.15, -0.1) is 0 Å². The van der Waals surface area contributed by atoms with Gasteiger partial charge in [0.25, 0.3) is 0 Å². The van der Waals surface area contributed by atoms with E-state index >= 15 is 0 Å². The predicted molar refractivity (Wildman–Crippen MR) is 215 cm³/mol. The number of rotatable bonds is 16. The standard InChI is InChI=1S/C45H57N3O12/c1-43(2)57-38-36(49-3)39-41(60-45(51-5)24-16-15-23-44(45,50-4)59-39)37(40(38)58-43)56-42-33(47-48-46)35(54-27-31-21-13-8-14-22-31)34(53-26-30-19-11-7-12-20-30)32(55-42)28-52-25-29-17-9-6-10-18-29/h6-14,17-22,32-42H,15-16,23-28H2,1-5H3/t32-,33-,34-,35-,36-,37+,38-,39+,40+,41+,42-,44+,45+/m1/s1. The van der Waals surface area contributed by atoms with Crippen LogP contribution in [0.25, 0.3) is 10.4 Å². The van der Waals surface area contributed by atoms with Crippen LogP contribution in [-0.4, -0.2) is 113 Å². The average molecular weight is 832 g/mol. The normalized spacial score (nSPS) is 37.0. The van der Waals surface area contributed by atoms with E-state index in [1.165, 1.54) is 0 Å². The summed E-state index contributed by atoms with van der Waals surface area (Å²) in [6.07, 6.45) is -5.36. The van der Waals surface area contributed by atoms with Crippen LogP contribution in [0.3, 0.4) is 0 Å². The van der Waals surface area contributed by atoms with Gasteiger partial charge in [0.1, 0.15) is 61.0 Å². The molecule has 0 N–H and O–H groups in total. The molecule has 60 heavy (non-hydrogen) atoms. The van der Waals surface area contributed by atoms with Crippen molar-refractivity contribution in [3.8, 4) is 0 Å². The fourth-order valence-corrected chi connectivity index (χ4v) is 9.48. The van der Waals surface area contributed by atoms with Gasteiger partial charge < -0.3 is 56.8 Å². The Labute approximate surface area is 351 Å². The van der Waals surface area contributed by atoms with E-state index < -0.39 is 84.6 Å². The predicted octanol–water partition coefficient (Wildman–Crippen LogP) is 6.76. The Bertz CT molecular complexity index is 1870. The monoisotopic (exact) mass is 831 g/mol. The lowest BCUT2D eigenvalue weighted by atomic mass is 9.79. The van der Waals surface area contributed by atoms with Gasteiger partial charge in [-0.1, -0.05) is 96.1 Å². The number of methoxy groups -OCH3 is 3. The third-order valence-electron chi connectivity index (χ3n) is 12.3. The van der Waals surface area contributed by atoms with Gasteiger partial charge in [0.2, 0.25) is 11.6 Å². The summed E-state index contributed by atoms with van der Waals surface area (Å²) in [6, 6.07) is 28.5. The van der Waals surface area contributed by atoms with Crippen LogP contribution >= 0.6 is 0 Å². The Hall–Kier alpha value is -3.51. The zero-order valence-corrected chi connectivity index (χ0v) is 34.9. The molecule has 3 heterocycles. The molecule has 3 aromatic rings. The molecule has 3 aromatic carbocycles. The number of hydrogen-bond donors (Lipinski definition) is 0. The van der Waals surface area contributed by atoms with E-state index in [9.17, 15) is 5.53 Å². The lowest BCUT2D eigenvalue weighted by Crippen LogP contribution is -2.77. The van der Waals surface area contributed by atoms with E-state index in [4.69, 9.17) is 56.8 Å². The van der Waals surface area contributed by atoms with Crippen LogP contribution in [0.2, 0.25) is 0 Å². The van der Waals surface area contributed by atoms with Gasteiger partial charge >= 0.3 is 0 Å². The van der Waals surface area contributed by atoms with Gasteiger partial charge in [-0.05, 0) is 48.9 Å².